The van der Waals surface area contributed by atoms with Gasteiger partial charge in [-0.1, -0.05) is 0 Å². The van der Waals surface area contributed by atoms with Crippen LogP contribution >= 0.6 is 0 Å². The second-order valence-corrected chi connectivity index (χ2v) is 6.20. The Hall–Kier alpha value is -2.25. The lowest BCUT2D eigenvalue weighted by Gasteiger charge is -2.31. The molecule has 2 fully saturated rings. The predicted octanol–water partition coefficient (Wildman–Crippen LogP) is 2.63. The third-order valence-electron chi connectivity index (χ3n) is 4.35. The third kappa shape index (κ3) is 3.63. The van der Waals surface area contributed by atoms with Gasteiger partial charge in [0.25, 0.3) is 0 Å². The van der Waals surface area contributed by atoms with Crippen molar-refractivity contribution < 1.29 is 22.8 Å². The lowest BCUT2D eigenvalue weighted by atomic mass is 9.96. The van der Waals surface area contributed by atoms with Crippen molar-refractivity contribution in [2.24, 2.45) is 5.92 Å². The Bertz CT molecular complexity index is 656. The molecule has 0 radical (unpaired) electrons. The summed E-state index contributed by atoms with van der Waals surface area (Å²) < 4.78 is 39.7. The molecule has 1 heterocycles. The van der Waals surface area contributed by atoms with Crippen molar-refractivity contribution in [2.75, 3.05) is 18.4 Å². The molecule has 1 saturated carbocycles. The van der Waals surface area contributed by atoms with Gasteiger partial charge in [0.15, 0.2) is 17.5 Å². The first-order valence-electron chi connectivity index (χ1n) is 7.95. The van der Waals surface area contributed by atoms with E-state index in [2.05, 4.69) is 10.6 Å². The first kappa shape index (κ1) is 16.6. The van der Waals surface area contributed by atoms with Crippen LogP contribution in [0.25, 0.3) is 0 Å². The molecule has 8 heteroatoms. The molecule has 0 unspecified atom stereocenters. The van der Waals surface area contributed by atoms with Gasteiger partial charge in [-0.25, -0.2) is 18.0 Å². The van der Waals surface area contributed by atoms with E-state index in [4.69, 9.17) is 0 Å². The minimum Gasteiger partial charge on any atom is -0.335 e. The van der Waals surface area contributed by atoms with E-state index in [0.717, 1.165) is 25.0 Å². The van der Waals surface area contributed by atoms with Crippen LogP contribution < -0.4 is 10.6 Å². The normalized spacial score (nSPS) is 18.4. The molecular formula is C16H18F3N3O2. The van der Waals surface area contributed by atoms with Gasteiger partial charge in [-0.2, -0.15) is 0 Å². The van der Waals surface area contributed by atoms with Crippen molar-refractivity contribution in [3.8, 4) is 0 Å². The number of amides is 3. The fourth-order valence-corrected chi connectivity index (χ4v) is 2.70. The average molecular weight is 341 g/mol. The Balaban J connectivity index is 1.53. The molecule has 1 saturated heterocycles. The van der Waals surface area contributed by atoms with Crippen molar-refractivity contribution in [3.05, 3.63) is 29.6 Å². The number of halogens is 3. The largest absolute Gasteiger partial charge is 0.335 e. The van der Waals surface area contributed by atoms with Gasteiger partial charge in [0, 0.05) is 25.0 Å². The Morgan fingerprint density at radius 2 is 1.67 bits per heavy atom. The molecule has 5 nitrogen and oxygen atoms in total. The molecule has 1 aromatic rings. The Morgan fingerprint density at radius 3 is 2.29 bits per heavy atom. The topological polar surface area (TPSA) is 61.4 Å². The van der Waals surface area contributed by atoms with Crippen LogP contribution in [0.5, 0.6) is 0 Å². The fraction of sp³-hybridized carbons (Fsp3) is 0.500. The van der Waals surface area contributed by atoms with E-state index >= 15 is 0 Å². The number of rotatable bonds is 3. The van der Waals surface area contributed by atoms with Gasteiger partial charge in [-0.15, -0.1) is 0 Å². The average Bonchev–Trinajstić information content (AvgIpc) is 3.39. The van der Waals surface area contributed by atoms with Crippen molar-refractivity contribution in [2.45, 2.75) is 31.7 Å². The number of piperidine rings is 1. The first-order valence-corrected chi connectivity index (χ1v) is 7.95. The molecule has 0 atom stereocenters. The highest BCUT2D eigenvalue weighted by molar-refractivity contribution is 5.92. The zero-order chi connectivity index (χ0) is 17.3. The number of hydrogen-bond donors (Lipinski definition) is 2. The molecular weight excluding hydrogens is 323 g/mol. The van der Waals surface area contributed by atoms with E-state index < -0.39 is 29.3 Å². The molecule has 2 aliphatic rings. The zero-order valence-electron chi connectivity index (χ0n) is 12.9. The maximum atomic E-state index is 13.6. The van der Waals surface area contributed by atoms with Gasteiger partial charge in [0.1, 0.15) is 0 Å². The molecule has 0 spiro atoms. The molecule has 2 N–H and O–H groups in total. The molecule has 1 aliphatic carbocycles. The minimum absolute atomic E-state index is 0.122. The second-order valence-electron chi connectivity index (χ2n) is 6.20. The highest BCUT2D eigenvalue weighted by Crippen LogP contribution is 2.24. The van der Waals surface area contributed by atoms with E-state index in [1.54, 1.807) is 4.90 Å². The van der Waals surface area contributed by atoms with Crippen molar-refractivity contribution in [1.82, 2.24) is 10.2 Å². The SMILES string of the molecule is O=C(Nc1ccc(F)c(F)c1F)C1CCN(C(=O)NC2CC2)CC1. The maximum Gasteiger partial charge on any atom is 0.317 e. The van der Waals surface area contributed by atoms with E-state index in [-0.39, 0.29) is 17.8 Å². The second kappa shape index (κ2) is 6.70. The molecule has 24 heavy (non-hydrogen) atoms. The summed E-state index contributed by atoms with van der Waals surface area (Å²) in [7, 11) is 0. The molecule has 3 rings (SSSR count). The number of benzene rings is 1. The van der Waals surface area contributed by atoms with Crippen LogP contribution in [0.2, 0.25) is 0 Å². The molecule has 1 aromatic carbocycles. The number of urea groups is 1. The predicted molar refractivity (Wildman–Crippen MR) is 80.8 cm³/mol. The van der Waals surface area contributed by atoms with Crippen LogP contribution in [0.15, 0.2) is 12.1 Å². The Labute approximate surface area is 137 Å². The van der Waals surface area contributed by atoms with Gasteiger partial charge in [-0.3, -0.25) is 4.79 Å². The molecule has 130 valence electrons. The van der Waals surface area contributed by atoms with Crippen LogP contribution in [-0.4, -0.2) is 36.0 Å². The number of carbonyl (C=O) groups is 2. The van der Waals surface area contributed by atoms with Gasteiger partial charge >= 0.3 is 6.03 Å². The number of nitrogens with zero attached hydrogens (tertiary/aromatic N) is 1. The lowest BCUT2D eigenvalue weighted by Crippen LogP contribution is -2.46. The molecule has 0 bridgehead atoms. The van der Waals surface area contributed by atoms with Gasteiger partial charge in [0.05, 0.1) is 5.69 Å². The van der Waals surface area contributed by atoms with Gasteiger partial charge in [-0.05, 0) is 37.8 Å². The van der Waals surface area contributed by atoms with Crippen LogP contribution in [0.1, 0.15) is 25.7 Å². The Kier molecular flexibility index (Phi) is 4.64. The number of likely N-dealkylation sites (tertiary alicyclic amines) is 1. The number of hydrogen-bond acceptors (Lipinski definition) is 2. The van der Waals surface area contributed by atoms with Crippen LogP contribution in [-0.2, 0) is 4.79 Å². The third-order valence-corrected chi connectivity index (χ3v) is 4.35. The zero-order valence-corrected chi connectivity index (χ0v) is 12.9. The molecule has 0 aromatic heterocycles. The summed E-state index contributed by atoms with van der Waals surface area (Å²) in [5.41, 5.74) is -0.382. The van der Waals surface area contributed by atoms with Crippen LogP contribution in [0.4, 0.5) is 23.7 Å². The summed E-state index contributed by atoms with van der Waals surface area (Å²) in [6.07, 6.45) is 2.89. The molecule has 3 amide bonds. The molecule has 1 aliphatic heterocycles. The van der Waals surface area contributed by atoms with Crippen LogP contribution in [0, 0.1) is 23.4 Å². The fourth-order valence-electron chi connectivity index (χ4n) is 2.70. The first-order chi connectivity index (χ1) is 11.5. The summed E-state index contributed by atoms with van der Waals surface area (Å²) in [5.74, 6) is -5.19. The highest BCUT2D eigenvalue weighted by Gasteiger charge is 2.31. The monoisotopic (exact) mass is 341 g/mol. The summed E-state index contributed by atoms with van der Waals surface area (Å²) in [5, 5.41) is 5.18. The van der Waals surface area contributed by atoms with Gasteiger partial charge < -0.3 is 15.5 Å². The van der Waals surface area contributed by atoms with E-state index in [1.807, 2.05) is 0 Å². The summed E-state index contributed by atoms with van der Waals surface area (Å²) >= 11 is 0. The standard InChI is InChI=1S/C16H18F3N3O2/c17-11-3-4-12(14(19)13(11)18)21-15(23)9-5-7-22(8-6-9)16(24)20-10-1-2-10/h3-4,9-10H,1-2,5-8H2,(H,20,24)(H,21,23). The van der Waals surface area contributed by atoms with E-state index in [1.165, 1.54) is 0 Å². The Morgan fingerprint density at radius 1 is 1.00 bits per heavy atom. The highest BCUT2D eigenvalue weighted by atomic mass is 19.2. The number of carbonyl (C=O) groups excluding carboxylic acids is 2. The smallest absolute Gasteiger partial charge is 0.317 e. The van der Waals surface area contributed by atoms with Crippen molar-refractivity contribution in [1.29, 1.82) is 0 Å². The summed E-state index contributed by atoms with van der Waals surface area (Å²) in [6, 6.07) is 1.90. The van der Waals surface area contributed by atoms with E-state index in [9.17, 15) is 22.8 Å². The van der Waals surface area contributed by atoms with Crippen molar-refractivity contribution in [3.63, 3.8) is 0 Å². The van der Waals surface area contributed by atoms with Gasteiger partial charge in [0.2, 0.25) is 5.91 Å². The minimum atomic E-state index is -1.61. The van der Waals surface area contributed by atoms with Crippen molar-refractivity contribution >= 4 is 17.6 Å². The number of nitrogens with one attached hydrogen (secondary N) is 2. The summed E-state index contributed by atoms with van der Waals surface area (Å²) in [6.45, 7) is 0.855. The maximum absolute atomic E-state index is 13.6. The summed E-state index contributed by atoms with van der Waals surface area (Å²) in [4.78, 5) is 25.7. The quantitative estimate of drug-likeness (QED) is 0.831. The van der Waals surface area contributed by atoms with E-state index in [0.29, 0.717) is 25.9 Å². The van der Waals surface area contributed by atoms with Crippen LogP contribution in [0.3, 0.4) is 0 Å². The number of anilines is 1. The lowest BCUT2D eigenvalue weighted by molar-refractivity contribution is -0.121.